The predicted octanol–water partition coefficient (Wildman–Crippen LogP) is 2.45. The highest BCUT2D eigenvalue weighted by Crippen LogP contribution is 2.18. The quantitative estimate of drug-likeness (QED) is 0.402. The van der Waals surface area contributed by atoms with Gasteiger partial charge in [0.2, 0.25) is 0 Å². The van der Waals surface area contributed by atoms with E-state index in [4.69, 9.17) is 0 Å². The van der Waals surface area contributed by atoms with E-state index in [1.165, 1.54) is 0 Å². The Kier molecular flexibility index (Phi) is 10.6. The number of nitrogens with one attached hydrogen (secondary N) is 2. The van der Waals surface area contributed by atoms with Crippen molar-refractivity contribution in [2.24, 2.45) is 4.99 Å². The van der Waals surface area contributed by atoms with Crippen LogP contribution in [0.4, 0.5) is 13.2 Å². The molecule has 0 aliphatic heterocycles. The van der Waals surface area contributed by atoms with Crippen molar-refractivity contribution in [1.29, 1.82) is 0 Å². The highest BCUT2D eigenvalue weighted by Gasteiger charge is 2.26. The molecule has 0 fully saturated rings. The summed E-state index contributed by atoms with van der Waals surface area (Å²) in [5.41, 5.74) is -0.146. The average molecular weight is 410 g/mol. The largest absolute Gasteiger partial charge is 0.390 e. The third-order valence-corrected chi connectivity index (χ3v) is 2.88. The summed E-state index contributed by atoms with van der Waals surface area (Å²) in [6.07, 6.45) is -5.01. The van der Waals surface area contributed by atoms with Crippen LogP contribution < -0.4 is 10.6 Å². The maximum Gasteiger partial charge on any atom is 0.390 e. The molecule has 0 atom stereocenters. The minimum absolute atomic E-state index is 0. The third kappa shape index (κ3) is 10.5. The summed E-state index contributed by atoms with van der Waals surface area (Å²) in [6, 6.07) is 0. The molecule has 0 saturated carbocycles. The van der Waals surface area contributed by atoms with Gasteiger partial charge in [0.25, 0.3) is 0 Å². The van der Waals surface area contributed by atoms with E-state index in [0.29, 0.717) is 19.0 Å². The Hall–Kier alpha value is -0.250. The Morgan fingerprint density at radius 2 is 1.70 bits per heavy atom. The fourth-order valence-electron chi connectivity index (χ4n) is 1.08. The van der Waals surface area contributed by atoms with Crippen LogP contribution in [0.2, 0.25) is 0 Å². The first-order valence-corrected chi connectivity index (χ1v) is 6.35. The summed E-state index contributed by atoms with van der Waals surface area (Å²) in [5, 5.41) is 5.62. The maximum atomic E-state index is 12.1. The molecule has 0 unspecified atom stereocenters. The summed E-state index contributed by atoms with van der Waals surface area (Å²) in [7, 11) is 3.89. The van der Waals surface area contributed by atoms with Crippen LogP contribution in [-0.4, -0.2) is 56.3 Å². The molecule has 4 nitrogen and oxygen atoms in total. The van der Waals surface area contributed by atoms with Crippen molar-refractivity contribution in [3.63, 3.8) is 0 Å². The number of nitrogens with zero attached hydrogens (tertiary/aromatic N) is 2. The summed E-state index contributed by atoms with van der Waals surface area (Å²) in [5.74, 6) is 0.418. The van der Waals surface area contributed by atoms with Crippen LogP contribution in [0.1, 0.15) is 27.2 Å². The first kappa shape index (κ1) is 22.0. The van der Waals surface area contributed by atoms with Gasteiger partial charge < -0.3 is 15.5 Å². The Morgan fingerprint density at radius 3 is 2.10 bits per heavy atom. The molecule has 0 amide bonds. The molecule has 0 aromatic rings. The second-order valence-electron chi connectivity index (χ2n) is 5.19. The molecule has 0 saturated heterocycles. The number of hydrogen-bond donors (Lipinski definition) is 2. The van der Waals surface area contributed by atoms with E-state index in [1.54, 1.807) is 0 Å². The number of halogens is 4. The van der Waals surface area contributed by atoms with Gasteiger partial charge >= 0.3 is 6.18 Å². The Morgan fingerprint density at radius 1 is 1.15 bits per heavy atom. The summed E-state index contributed by atoms with van der Waals surface area (Å²) in [6.45, 7) is 6.86. The van der Waals surface area contributed by atoms with Crippen molar-refractivity contribution in [1.82, 2.24) is 15.5 Å². The van der Waals surface area contributed by atoms with Crippen LogP contribution in [0.25, 0.3) is 0 Å². The molecule has 0 aromatic carbocycles. The van der Waals surface area contributed by atoms with Crippen molar-refractivity contribution < 1.29 is 13.2 Å². The molecule has 0 bridgehead atoms. The van der Waals surface area contributed by atoms with E-state index in [1.807, 2.05) is 39.8 Å². The molecule has 0 radical (unpaired) electrons. The molecule has 0 aliphatic carbocycles. The highest BCUT2D eigenvalue weighted by atomic mass is 127. The topological polar surface area (TPSA) is 39.7 Å². The zero-order valence-corrected chi connectivity index (χ0v) is 15.1. The lowest BCUT2D eigenvalue weighted by molar-refractivity contribution is -0.132. The number of likely N-dealkylation sites (N-methyl/N-ethyl adjacent to an activating group) is 1. The second-order valence-corrected chi connectivity index (χ2v) is 5.19. The fourth-order valence-corrected chi connectivity index (χ4v) is 1.08. The highest BCUT2D eigenvalue weighted by molar-refractivity contribution is 14.0. The Labute approximate surface area is 136 Å². The lowest BCUT2D eigenvalue weighted by Gasteiger charge is -2.31. The van der Waals surface area contributed by atoms with Gasteiger partial charge in [-0.1, -0.05) is 0 Å². The van der Waals surface area contributed by atoms with Gasteiger partial charge in [-0.05, 0) is 34.9 Å². The molecular weight excluding hydrogens is 384 g/mol. The van der Waals surface area contributed by atoms with Crippen LogP contribution in [0, 0.1) is 0 Å². The normalized spacial score (nSPS) is 13.2. The van der Waals surface area contributed by atoms with E-state index < -0.39 is 12.6 Å². The lowest BCUT2D eigenvalue weighted by atomic mass is 10.1. The monoisotopic (exact) mass is 410 g/mol. The molecule has 0 rings (SSSR count). The lowest BCUT2D eigenvalue weighted by Crippen LogP contribution is -2.44. The smallest absolute Gasteiger partial charge is 0.357 e. The van der Waals surface area contributed by atoms with Crippen molar-refractivity contribution in [3.8, 4) is 0 Å². The van der Waals surface area contributed by atoms with Crippen LogP contribution >= 0.6 is 24.0 Å². The molecule has 2 N–H and O–H groups in total. The van der Waals surface area contributed by atoms with E-state index in [0.717, 1.165) is 0 Å². The van der Waals surface area contributed by atoms with E-state index in [-0.39, 0.29) is 36.1 Å². The SMILES string of the molecule is CCNC(=NCC(C)(C)N(C)C)NCCC(F)(F)F.I. The van der Waals surface area contributed by atoms with Crippen molar-refractivity contribution >= 4 is 29.9 Å². The van der Waals surface area contributed by atoms with Gasteiger partial charge in [-0.15, -0.1) is 24.0 Å². The standard InChI is InChI=1S/C12H25F3N4.HI/c1-6-16-10(17-8-7-12(13,14)15)18-9-11(2,3)19(4)5;/h6-9H2,1-5H3,(H2,16,17,18);1H. The maximum absolute atomic E-state index is 12.1. The van der Waals surface area contributed by atoms with Crippen molar-refractivity contribution in [2.75, 3.05) is 33.7 Å². The summed E-state index contributed by atoms with van der Waals surface area (Å²) >= 11 is 0. The number of alkyl halides is 3. The summed E-state index contributed by atoms with van der Waals surface area (Å²) in [4.78, 5) is 6.33. The van der Waals surface area contributed by atoms with Crippen LogP contribution in [0.5, 0.6) is 0 Å². The number of hydrogen-bond acceptors (Lipinski definition) is 2. The van der Waals surface area contributed by atoms with Crippen LogP contribution in [0.15, 0.2) is 4.99 Å². The predicted molar refractivity (Wildman–Crippen MR) is 87.8 cm³/mol. The van der Waals surface area contributed by atoms with E-state index >= 15 is 0 Å². The average Bonchev–Trinajstić information content (AvgIpc) is 2.24. The molecule has 0 heterocycles. The molecule has 20 heavy (non-hydrogen) atoms. The molecular formula is C12H26F3IN4. The zero-order chi connectivity index (χ0) is 15.1. The van der Waals surface area contributed by atoms with Crippen LogP contribution in [-0.2, 0) is 0 Å². The molecule has 8 heteroatoms. The van der Waals surface area contributed by atoms with Gasteiger partial charge in [-0.2, -0.15) is 13.2 Å². The second kappa shape index (κ2) is 9.64. The number of guanidine groups is 1. The number of rotatable bonds is 6. The Bertz CT molecular complexity index is 291. The molecule has 0 aliphatic rings. The number of aliphatic imine (C=N–C) groups is 1. The fraction of sp³-hybridized carbons (Fsp3) is 0.917. The van der Waals surface area contributed by atoms with E-state index in [2.05, 4.69) is 15.6 Å². The third-order valence-electron chi connectivity index (χ3n) is 2.88. The van der Waals surface area contributed by atoms with Gasteiger partial charge in [-0.25, -0.2) is 0 Å². The minimum Gasteiger partial charge on any atom is -0.357 e. The first-order chi connectivity index (χ1) is 8.58. The molecule has 122 valence electrons. The summed E-state index contributed by atoms with van der Waals surface area (Å²) < 4.78 is 36.2. The Balaban J connectivity index is 0. The van der Waals surface area contributed by atoms with Crippen molar-refractivity contribution in [3.05, 3.63) is 0 Å². The molecule has 0 aromatic heterocycles. The molecule has 0 spiro atoms. The van der Waals surface area contributed by atoms with Gasteiger partial charge in [0, 0.05) is 18.6 Å². The minimum atomic E-state index is -4.15. The van der Waals surface area contributed by atoms with Gasteiger partial charge in [0.1, 0.15) is 0 Å². The van der Waals surface area contributed by atoms with E-state index in [9.17, 15) is 13.2 Å². The van der Waals surface area contributed by atoms with Gasteiger partial charge in [0.15, 0.2) is 5.96 Å². The van der Waals surface area contributed by atoms with Crippen molar-refractivity contribution in [2.45, 2.75) is 38.9 Å². The zero-order valence-electron chi connectivity index (χ0n) is 12.8. The van der Waals surface area contributed by atoms with Gasteiger partial charge in [-0.3, -0.25) is 4.99 Å². The first-order valence-electron chi connectivity index (χ1n) is 6.35. The van der Waals surface area contributed by atoms with Gasteiger partial charge in [0.05, 0.1) is 13.0 Å². The van der Waals surface area contributed by atoms with Crippen LogP contribution in [0.3, 0.4) is 0 Å².